The number of nitrogens with zero attached hydrogens (tertiary/aromatic N) is 1. The number of rotatable bonds is 3. The largest absolute Gasteiger partial charge is 0.484 e. The summed E-state index contributed by atoms with van der Waals surface area (Å²) in [6.45, 7) is 2.46. The molecule has 0 aromatic heterocycles. The van der Waals surface area contributed by atoms with Crippen LogP contribution in [0.1, 0.15) is 35.7 Å². The van der Waals surface area contributed by atoms with E-state index in [1.165, 1.54) is 6.92 Å². The Bertz CT molecular complexity index is 938. The molecule has 1 fully saturated rings. The third-order valence-electron chi connectivity index (χ3n) is 5.30. The maximum atomic E-state index is 12.7. The van der Waals surface area contributed by atoms with Crippen LogP contribution in [0.15, 0.2) is 48.5 Å². The Labute approximate surface area is 163 Å². The highest BCUT2D eigenvalue weighted by Gasteiger charge is 2.46. The van der Waals surface area contributed by atoms with Crippen LogP contribution in [0.4, 0.5) is 5.69 Å². The summed E-state index contributed by atoms with van der Waals surface area (Å²) in [6.07, 6.45) is 1.24. The van der Waals surface area contributed by atoms with Crippen molar-refractivity contribution in [2.24, 2.45) is 0 Å². The number of carbonyl (C=O) groups is 3. The molecular weight excluding hydrogens is 356 g/mol. The molecule has 144 valence electrons. The molecule has 2 heterocycles. The van der Waals surface area contributed by atoms with Crippen molar-refractivity contribution in [2.45, 2.75) is 31.8 Å². The van der Waals surface area contributed by atoms with Crippen LogP contribution in [0.2, 0.25) is 0 Å². The van der Waals surface area contributed by atoms with Crippen molar-refractivity contribution in [3.05, 3.63) is 59.7 Å². The van der Waals surface area contributed by atoms with Gasteiger partial charge in [0.2, 0.25) is 11.8 Å². The lowest BCUT2D eigenvalue weighted by Gasteiger charge is -2.34. The molecule has 0 bridgehead atoms. The fourth-order valence-electron chi connectivity index (χ4n) is 3.92. The summed E-state index contributed by atoms with van der Waals surface area (Å²) in [7, 11) is 0. The number of amides is 2. The van der Waals surface area contributed by atoms with Crippen LogP contribution in [0, 0.1) is 0 Å². The number of ketones is 1. The van der Waals surface area contributed by atoms with Crippen molar-refractivity contribution in [1.82, 2.24) is 4.90 Å². The predicted molar refractivity (Wildman–Crippen MR) is 104 cm³/mol. The van der Waals surface area contributed by atoms with E-state index in [2.05, 4.69) is 5.32 Å². The minimum atomic E-state index is -0.615. The number of fused-ring (bicyclic) bond motifs is 1. The van der Waals surface area contributed by atoms with Crippen molar-refractivity contribution < 1.29 is 19.1 Å². The van der Waals surface area contributed by atoms with Crippen LogP contribution in [0.25, 0.3) is 0 Å². The van der Waals surface area contributed by atoms with E-state index >= 15 is 0 Å². The number of ether oxygens (including phenoxy) is 1. The monoisotopic (exact) mass is 378 g/mol. The molecule has 6 heteroatoms. The van der Waals surface area contributed by atoms with Gasteiger partial charge in [0, 0.05) is 25.6 Å². The van der Waals surface area contributed by atoms with Gasteiger partial charge in [-0.1, -0.05) is 24.3 Å². The molecule has 2 aliphatic heterocycles. The number of likely N-dealkylation sites (tertiary alicyclic amines) is 1. The van der Waals surface area contributed by atoms with E-state index in [0.29, 0.717) is 42.9 Å². The summed E-state index contributed by atoms with van der Waals surface area (Å²) in [5.74, 6) is 0.570. The van der Waals surface area contributed by atoms with Gasteiger partial charge < -0.3 is 15.0 Å². The Hall–Kier alpha value is -3.15. The van der Waals surface area contributed by atoms with Gasteiger partial charge in [-0.25, -0.2) is 0 Å². The number of hydrogen-bond acceptors (Lipinski definition) is 4. The highest BCUT2D eigenvalue weighted by molar-refractivity contribution is 6.00. The van der Waals surface area contributed by atoms with Crippen LogP contribution < -0.4 is 10.1 Å². The van der Waals surface area contributed by atoms with Gasteiger partial charge in [-0.05, 0) is 29.8 Å². The SMILES string of the molecule is CC(=O)Nc1ccc(CC(=O)N2CCC3(CC(=O)c4ccccc4O3)C2)cc1. The maximum Gasteiger partial charge on any atom is 0.227 e. The first-order chi connectivity index (χ1) is 13.4. The Morgan fingerprint density at radius 1 is 1.14 bits per heavy atom. The van der Waals surface area contributed by atoms with E-state index in [1.807, 2.05) is 30.3 Å². The van der Waals surface area contributed by atoms with Gasteiger partial charge in [0.1, 0.15) is 11.4 Å². The molecule has 2 amide bonds. The second-order valence-corrected chi connectivity index (χ2v) is 7.50. The topological polar surface area (TPSA) is 75.7 Å². The van der Waals surface area contributed by atoms with Gasteiger partial charge in [0.25, 0.3) is 0 Å². The summed E-state index contributed by atoms with van der Waals surface area (Å²) in [4.78, 5) is 38.1. The van der Waals surface area contributed by atoms with Crippen LogP contribution >= 0.6 is 0 Å². The third-order valence-corrected chi connectivity index (χ3v) is 5.30. The Morgan fingerprint density at radius 2 is 1.89 bits per heavy atom. The first-order valence-corrected chi connectivity index (χ1v) is 9.40. The Morgan fingerprint density at radius 3 is 2.64 bits per heavy atom. The van der Waals surface area contributed by atoms with Gasteiger partial charge in [-0.2, -0.15) is 0 Å². The molecule has 1 unspecified atom stereocenters. The van der Waals surface area contributed by atoms with Crippen molar-refractivity contribution in [3.8, 4) is 5.75 Å². The van der Waals surface area contributed by atoms with Crippen molar-refractivity contribution in [3.63, 3.8) is 0 Å². The molecule has 0 aliphatic carbocycles. The fraction of sp³-hybridized carbons (Fsp3) is 0.318. The van der Waals surface area contributed by atoms with Crippen molar-refractivity contribution in [2.75, 3.05) is 18.4 Å². The number of nitrogens with one attached hydrogen (secondary N) is 1. The second kappa shape index (κ2) is 7.11. The van der Waals surface area contributed by atoms with E-state index in [1.54, 1.807) is 23.1 Å². The summed E-state index contributed by atoms with van der Waals surface area (Å²) >= 11 is 0. The molecule has 1 saturated heterocycles. The summed E-state index contributed by atoms with van der Waals surface area (Å²) in [6, 6.07) is 14.5. The molecule has 1 N–H and O–H groups in total. The summed E-state index contributed by atoms with van der Waals surface area (Å²) in [5.41, 5.74) is 1.59. The van der Waals surface area contributed by atoms with E-state index < -0.39 is 5.60 Å². The Balaban J connectivity index is 1.41. The highest BCUT2D eigenvalue weighted by Crippen LogP contribution is 2.38. The van der Waals surface area contributed by atoms with Crippen molar-refractivity contribution in [1.29, 1.82) is 0 Å². The number of benzene rings is 2. The number of carbonyl (C=O) groups excluding carboxylic acids is 3. The van der Waals surface area contributed by atoms with Gasteiger partial charge in [0.15, 0.2) is 5.78 Å². The molecule has 6 nitrogen and oxygen atoms in total. The van der Waals surface area contributed by atoms with Gasteiger partial charge in [-0.3, -0.25) is 14.4 Å². The molecular formula is C22H22N2O4. The molecule has 1 atom stereocenters. The normalized spacial score (nSPS) is 20.6. The van der Waals surface area contributed by atoms with Gasteiger partial charge in [0.05, 0.1) is 24.9 Å². The third kappa shape index (κ3) is 3.63. The zero-order chi connectivity index (χ0) is 19.7. The van der Waals surface area contributed by atoms with E-state index in [0.717, 1.165) is 5.56 Å². The van der Waals surface area contributed by atoms with Crippen LogP contribution in [0.5, 0.6) is 5.75 Å². The highest BCUT2D eigenvalue weighted by atomic mass is 16.5. The molecule has 2 aromatic carbocycles. The van der Waals surface area contributed by atoms with Crippen LogP contribution in [-0.2, 0) is 16.0 Å². The summed E-state index contributed by atoms with van der Waals surface area (Å²) in [5, 5.41) is 2.71. The number of Topliss-reactive ketones (excluding diaryl/α,β-unsaturated/α-hetero) is 1. The quantitative estimate of drug-likeness (QED) is 0.891. The average molecular weight is 378 g/mol. The first kappa shape index (κ1) is 18.2. The maximum absolute atomic E-state index is 12.7. The van der Waals surface area contributed by atoms with Crippen LogP contribution in [0.3, 0.4) is 0 Å². The van der Waals surface area contributed by atoms with E-state index in [9.17, 15) is 14.4 Å². The average Bonchev–Trinajstić information content (AvgIpc) is 3.06. The summed E-state index contributed by atoms with van der Waals surface area (Å²) < 4.78 is 6.18. The molecule has 28 heavy (non-hydrogen) atoms. The van der Waals surface area contributed by atoms with E-state index in [4.69, 9.17) is 4.74 Å². The fourth-order valence-corrected chi connectivity index (χ4v) is 3.92. The zero-order valence-corrected chi connectivity index (χ0v) is 15.7. The second-order valence-electron chi connectivity index (χ2n) is 7.50. The van der Waals surface area contributed by atoms with Gasteiger partial charge in [-0.15, -0.1) is 0 Å². The Kier molecular flexibility index (Phi) is 4.63. The molecule has 0 radical (unpaired) electrons. The lowest BCUT2D eigenvalue weighted by molar-refractivity contribution is -0.130. The molecule has 1 spiro atoms. The minimum Gasteiger partial charge on any atom is -0.484 e. The molecule has 2 aromatic rings. The smallest absolute Gasteiger partial charge is 0.227 e. The lowest BCUT2D eigenvalue weighted by Crippen LogP contribution is -2.45. The number of hydrogen-bond donors (Lipinski definition) is 1. The van der Waals surface area contributed by atoms with E-state index in [-0.39, 0.29) is 24.0 Å². The zero-order valence-electron chi connectivity index (χ0n) is 15.7. The number of para-hydroxylation sites is 1. The molecule has 2 aliphatic rings. The van der Waals surface area contributed by atoms with Crippen molar-refractivity contribution >= 4 is 23.3 Å². The number of anilines is 1. The standard InChI is InChI=1S/C22H22N2O4/c1-15(25)23-17-8-6-16(7-9-17)12-21(27)24-11-10-22(14-24)13-19(26)18-4-2-3-5-20(18)28-22/h2-9H,10-14H2,1H3,(H,23,25). The molecule has 4 rings (SSSR count). The van der Waals surface area contributed by atoms with Gasteiger partial charge >= 0.3 is 0 Å². The lowest BCUT2D eigenvalue weighted by atomic mass is 9.89. The minimum absolute atomic E-state index is 0.0130. The van der Waals surface area contributed by atoms with Crippen LogP contribution in [-0.4, -0.2) is 41.2 Å². The first-order valence-electron chi connectivity index (χ1n) is 9.40. The molecule has 0 saturated carbocycles. The predicted octanol–water partition coefficient (Wildman–Crippen LogP) is 2.82.